The van der Waals surface area contributed by atoms with E-state index < -0.39 is 0 Å². The first kappa shape index (κ1) is 19.7. The minimum absolute atomic E-state index is 0.215. The standard InChI is InChI=1S/2C8H16O/c2*1-6(2)5-8(9)7(3)4/h2*6-7H,5H2,1-4H3. The van der Waals surface area contributed by atoms with Crippen LogP contribution in [-0.2, 0) is 9.59 Å². The molecule has 0 unspecified atom stereocenters. The lowest BCUT2D eigenvalue weighted by Gasteiger charge is -2.05. The van der Waals surface area contributed by atoms with Gasteiger partial charge in [-0.1, -0.05) is 55.4 Å². The second kappa shape index (κ2) is 10.3. The lowest BCUT2D eigenvalue weighted by Crippen LogP contribution is -2.09. The normalized spacial score (nSPS) is 10.9. The zero-order valence-corrected chi connectivity index (χ0v) is 13.5. The van der Waals surface area contributed by atoms with Crippen molar-refractivity contribution >= 4 is 11.6 Å². The third-order valence-corrected chi connectivity index (χ3v) is 2.51. The molecule has 0 atom stereocenters. The molecular weight excluding hydrogens is 224 g/mol. The van der Waals surface area contributed by atoms with E-state index in [9.17, 15) is 9.59 Å². The molecule has 0 aromatic carbocycles. The Hall–Kier alpha value is -0.660. The highest BCUT2D eigenvalue weighted by atomic mass is 16.1. The van der Waals surface area contributed by atoms with Crippen LogP contribution in [0.4, 0.5) is 0 Å². The van der Waals surface area contributed by atoms with Gasteiger partial charge in [0.2, 0.25) is 0 Å². The monoisotopic (exact) mass is 256 g/mol. The summed E-state index contributed by atoms with van der Waals surface area (Å²) < 4.78 is 0. The van der Waals surface area contributed by atoms with Gasteiger partial charge in [-0.25, -0.2) is 0 Å². The molecule has 0 aliphatic heterocycles. The molecule has 108 valence electrons. The Bertz CT molecular complexity index is 211. The summed E-state index contributed by atoms with van der Waals surface area (Å²) in [6.07, 6.45) is 1.47. The number of hydrogen-bond acceptors (Lipinski definition) is 2. The van der Waals surface area contributed by atoms with Crippen LogP contribution in [0.25, 0.3) is 0 Å². The quantitative estimate of drug-likeness (QED) is 0.700. The van der Waals surface area contributed by atoms with E-state index in [4.69, 9.17) is 0 Å². The highest BCUT2D eigenvalue weighted by molar-refractivity contribution is 5.80. The van der Waals surface area contributed by atoms with Gasteiger partial charge < -0.3 is 0 Å². The molecule has 0 N–H and O–H groups in total. The average Bonchev–Trinajstić information content (AvgIpc) is 2.16. The summed E-state index contributed by atoms with van der Waals surface area (Å²) in [7, 11) is 0. The fourth-order valence-corrected chi connectivity index (χ4v) is 1.28. The van der Waals surface area contributed by atoms with E-state index in [2.05, 4.69) is 27.7 Å². The molecule has 0 heterocycles. The number of carbonyl (C=O) groups is 2. The third kappa shape index (κ3) is 13.4. The van der Waals surface area contributed by atoms with Gasteiger partial charge in [0, 0.05) is 24.7 Å². The maximum atomic E-state index is 11.0. The van der Waals surface area contributed by atoms with Gasteiger partial charge in [0.15, 0.2) is 0 Å². The number of Topliss-reactive ketones (excluding diaryl/α,β-unsaturated/α-hetero) is 2. The van der Waals surface area contributed by atoms with Gasteiger partial charge in [0.25, 0.3) is 0 Å². The van der Waals surface area contributed by atoms with Crippen molar-refractivity contribution < 1.29 is 9.59 Å². The third-order valence-electron chi connectivity index (χ3n) is 2.51. The Morgan fingerprint density at radius 1 is 0.611 bits per heavy atom. The fourth-order valence-electron chi connectivity index (χ4n) is 1.28. The number of hydrogen-bond donors (Lipinski definition) is 0. The maximum absolute atomic E-state index is 11.0. The molecule has 0 fully saturated rings. The molecule has 2 nitrogen and oxygen atoms in total. The van der Waals surface area contributed by atoms with Crippen LogP contribution in [0, 0.1) is 23.7 Å². The van der Waals surface area contributed by atoms with E-state index in [-0.39, 0.29) is 11.8 Å². The minimum atomic E-state index is 0.215. The molecule has 18 heavy (non-hydrogen) atoms. The summed E-state index contributed by atoms with van der Waals surface area (Å²) in [5, 5.41) is 0. The molecule has 0 radical (unpaired) electrons. The smallest absolute Gasteiger partial charge is 0.135 e. The largest absolute Gasteiger partial charge is 0.299 e. The summed E-state index contributed by atoms with van der Waals surface area (Å²) in [4.78, 5) is 21.9. The molecule has 0 bridgehead atoms. The summed E-state index contributed by atoms with van der Waals surface area (Å²) >= 11 is 0. The fraction of sp³-hybridized carbons (Fsp3) is 0.875. The van der Waals surface area contributed by atoms with Crippen LogP contribution >= 0.6 is 0 Å². The van der Waals surface area contributed by atoms with E-state index in [0.717, 1.165) is 12.8 Å². The van der Waals surface area contributed by atoms with Gasteiger partial charge in [-0.2, -0.15) is 0 Å². The predicted octanol–water partition coefficient (Wildman–Crippen LogP) is 4.52. The molecule has 2 heteroatoms. The first-order chi connectivity index (χ1) is 8.07. The van der Waals surface area contributed by atoms with Gasteiger partial charge in [-0.3, -0.25) is 9.59 Å². The van der Waals surface area contributed by atoms with Crippen molar-refractivity contribution in [3.8, 4) is 0 Å². The molecular formula is C16H32O2. The Labute approximate surface area is 114 Å². The molecule has 0 rings (SSSR count). The van der Waals surface area contributed by atoms with Gasteiger partial charge in [0.05, 0.1) is 0 Å². The van der Waals surface area contributed by atoms with Crippen LogP contribution in [0.5, 0.6) is 0 Å². The van der Waals surface area contributed by atoms with Gasteiger partial charge >= 0.3 is 0 Å². The van der Waals surface area contributed by atoms with Crippen LogP contribution in [0.1, 0.15) is 68.2 Å². The predicted molar refractivity (Wildman–Crippen MR) is 78.6 cm³/mol. The highest BCUT2D eigenvalue weighted by Crippen LogP contribution is 2.06. The first-order valence-corrected chi connectivity index (χ1v) is 7.13. The lowest BCUT2D eigenvalue weighted by atomic mass is 9.99. The van der Waals surface area contributed by atoms with Crippen molar-refractivity contribution in [1.82, 2.24) is 0 Å². The van der Waals surface area contributed by atoms with Crippen LogP contribution in [-0.4, -0.2) is 11.6 Å². The lowest BCUT2D eigenvalue weighted by molar-refractivity contribution is -0.123. The van der Waals surface area contributed by atoms with Crippen molar-refractivity contribution in [3.63, 3.8) is 0 Å². The Kier molecular flexibility index (Phi) is 11.2. The average molecular weight is 256 g/mol. The van der Waals surface area contributed by atoms with Gasteiger partial charge in [-0.15, -0.1) is 0 Å². The molecule has 0 aromatic heterocycles. The molecule has 0 saturated carbocycles. The molecule has 0 saturated heterocycles. The second-order valence-electron chi connectivity index (χ2n) is 6.44. The molecule has 0 aliphatic rings. The first-order valence-electron chi connectivity index (χ1n) is 7.13. The van der Waals surface area contributed by atoms with Crippen LogP contribution in [0.2, 0.25) is 0 Å². The SMILES string of the molecule is CC(C)CC(=O)C(C)C.CC(C)CC(=O)C(C)C. The van der Waals surface area contributed by atoms with Gasteiger partial charge in [-0.05, 0) is 11.8 Å². The maximum Gasteiger partial charge on any atom is 0.135 e. The molecule has 0 aromatic rings. The zero-order valence-electron chi connectivity index (χ0n) is 13.5. The van der Waals surface area contributed by atoms with Crippen molar-refractivity contribution in [1.29, 1.82) is 0 Å². The Balaban J connectivity index is 0. The summed E-state index contributed by atoms with van der Waals surface area (Å²) in [6.45, 7) is 16.1. The second-order valence-corrected chi connectivity index (χ2v) is 6.44. The van der Waals surface area contributed by atoms with E-state index in [1.165, 1.54) is 0 Å². The molecule has 0 amide bonds. The van der Waals surface area contributed by atoms with E-state index >= 15 is 0 Å². The molecule has 0 aliphatic carbocycles. The highest BCUT2D eigenvalue weighted by Gasteiger charge is 2.08. The van der Waals surface area contributed by atoms with E-state index in [1.807, 2.05) is 27.7 Å². The summed E-state index contributed by atoms with van der Waals surface area (Å²) in [5.41, 5.74) is 0. The van der Waals surface area contributed by atoms with Crippen LogP contribution in [0.3, 0.4) is 0 Å². The summed E-state index contributed by atoms with van der Waals surface area (Å²) in [5.74, 6) is 2.22. The number of rotatable bonds is 6. The Morgan fingerprint density at radius 3 is 0.889 bits per heavy atom. The van der Waals surface area contributed by atoms with Crippen molar-refractivity contribution in [2.75, 3.05) is 0 Å². The zero-order chi connectivity index (χ0) is 14.9. The van der Waals surface area contributed by atoms with Crippen molar-refractivity contribution in [3.05, 3.63) is 0 Å². The molecule has 0 spiro atoms. The number of carbonyl (C=O) groups excluding carboxylic acids is 2. The van der Waals surface area contributed by atoms with E-state index in [1.54, 1.807) is 0 Å². The number of ketones is 2. The topological polar surface area (TPSA) is 34.1 Å². The van der Waals surface area contributed by atoms with Crippen LogP contribution < -0.4 is 0 Å². The van der Waals surface area contributed by atoms with Crippen LogP contribution in [0.15, 0.2) is 0 Å². The van der Waals surface area contributed by atoms with Gasteiger partial charge in [0.1, 0.15) is 11.6 Å². The van der Waals surface area contributed by atoms with Crippen molar-refractivity contribution in [2.45, 2.75) is 68.2 Å². The minimum Gasteiger partial charge on any atom is -0.299 e. The van der Waals surface area contributed by atoms with Crippen molar-refractivity contribution in [2.24, 2.45) is 23.7 Å². The summed E-state index contributed by atoms with van der Waals surface area (Å²) in [6, 6.07) is 0. The Morgan fingerprint density at radius 2 is 0.833 bits per heavy atom. The van der Waals surface area contributed by atoms with E-state index in [0.29, 0.717) is 23.4 Å².